The van der Waals surface area contributed by atoms with Crippen molar-refractivity contribution < 1.29 is 19.1 Å². The number of hydrogen-bond acceptors (Lipinski definition) is 5. The Morgan fingerprint density at radius 1 is 0.886 bits per heavy atom. The lowest BCUT2D eigenvalue weighted by Crippen LogP contribution is -2.48. The van der Waals surface area contributed by atoms with E-state index in [1.807, 2.05) is 41.3 Å². The molecule has 2 amide bonds. The fraction of sp³-hybridized carbons (Fsp3) is 0.179. The molecule has 0 bridgehead atoms. The molecule has 174 valence electrons. The second-order valence-electron chi connectivity index (χ2n) is 8.89. The molecule has 6 rings (SSSR count). The standard InChI is InChI=1S/C28H21BrN2O4/c1-35-20-13-6-17(7-14-20)26(32)25-24-23(22-15-8-16-4-2-3-5-21(16)31(22)25)27(33)30(28(24)34)19-11-9-18(29)10-12-19/h2-15,22-25H,1H3/t22-,23-,24+,25+/m1/s1. The molecule has 0 spiro atoms. The second kappa shape index (κ2) is 8.20. The zero-order valence-corrected chi connectivity index (χ0v) is 20.4. The van der Waals surface area contributed by atoms with Crippen LogP contribution in [0, 0.1) is 11.8 Å². The highest BCUT2D eigenvalue weighted by atomic mass is 79.9. The van der Waals surface area contributed by atoms with Crippen molar-refractivity contribution in [1.82, 2.24) is 0 Å². The molecule has 0 saturated carbocycles. The highest BCUT2D eigenvalue weighted by Crippen LogP contribution is 2.49. The number of methoxy groups -OCH3 is 1. The molecule has 0 radical (unpaired) electrons. The van der Waals surface area contributed by atoms with Crippen LogP contribution in [0.15, 0.2) is 83.3 Å². The van der Waals surface area contributed by atoms with Gasteiger partial charge in [-0.2, -0.15) is 0 Å². The van der Waals surface area contributed by atoms with Gasteiger partial charge in [0.25, 0.3) is 0 Å². The van der Waals surface area contributed by atoms with Crippen molar-refractivity contribution in [3.05, 3.63) is 94.5 Å². The van der Waals surface area contributed by atoms with Gasteiger partial charge in [0.05, 0.1) is 30.7 Å². The lowest BCUT2D eigenvalue weighted by Gasteiger charge is -2.36. The van der Waals surface area contributed by atoms with Gasteiger partial charge in [-0.15, -0.1) is 0 Å². The van der Waals surface area contributed by atoms with Crippen molar-refractivity contribution in [1.29, 1.82) is 0 Å². The van der Waals surface area contributed by atoms with Crippen LogP contribution in [0.1, 0.15) is 15.9 Å². The number of rotatable bonds is 4. The maximum Gasteiger partial charge on any atom is 0.240 e. The van der Waals surface area contributed by atoms with Gasteiger partial charge < -0.3 is 9.64 Å². The van der Waals surface area contributed by atoms with E-state index in [0.717, 1.165) is 15.7 Å². The number of ketones is 1. The van der Waals surface area contributed by atoms with Crippen LogP contribution >= 0.6 is 15.9 Å². The second-order valence-corrected chi connectivity index (χ2v) is 9.81. The van der Waals surface area contributed by atoms with E-state index in [0.29, 0.717) is 17.0 Å². The number of halogens is 1. The van der Waals surface area contributed by atoms with Crippen LogP contribution < -0.4 is 14.5 Å². The third-order valence-electron chi connectivity index (χ3n) is 7.14. The number of nitrogens with zero attached hydrogens (tertiary/aromatic N) is 2. The summed E-state index contributed by atoms with van der Waals surface area (Å²) in [6.45, 7) is 0. The Morgan fingerprint density at radius 3 is 2.29 bits per heavy atom. The molecule has 2 fully saturated rings. The molecule has 3 aliphatic rings. The van der Waals surface area contributed by atoms with Gasteiger partial charge in [-0.3, -0.25) is 14.4 Å². The molecule has 0 aliphatic carbocycles. The number of hydrogen-bond donors (Lipinski definition) is 0. The van der Waals surface area contributed by atoms with Crippen LogP contribution in [0.25, 0.3) is 6.08 Å². The fourth-order valence-corrected chi connectivity index (χ4v) is 5.85. The lowest BCUT2D eigenvalue weighted by atomic mass is 9.86. The van der Waals surface area contributed by atoms with Crippen molar-refractivity contribution in [3.63, 3.8) is 0 Å². The number of imide groups is 1. The van der Waals surface area contributed by atoms with E-state index in [2.05, 4.69) is 15.9 Å². The van der Waals surface area contributed by atoms with E-state index in [4.69, 9.17) is 4.74 Å². The molecule has 2 saturated heterocycles. The summed E-state index contributed by atoms with van der Waals surface area (Å²) < 4.78 is 6.09. The number of amides is 2. The predicted octanol–water partition coefficient (Wildman–Crippen LogP) is 4.73. The van der Waals surface area contributed by atoms with Crippen LogP contribution in [-0.2, 0) is 9.59 Å². The normalized spacial score (nSPS) is 24.3. The van der Waals surface area contributed by atoms with Gasteiger partial charge in [0.15, 0.2) is 5.78 Å². The minimum atomic E-state index is -0.804. The van der Waals surface area contributed by atoms with E-state index in [9.17, 15) is 14.4 Å². The first-order valence-corrected chi connectivity index (χ1v) is 12.2. The topological polar surface area (TPSA) is 66.9 Å². The van der Waals surface area contributed by atoms with Gasteiger partial charge in [-0.25, -0.2) is 4.90 Å². The van der Waals surface area contributed by atoms with Gasteiger partial charge in [0, 0.05) is 15.7 Å². The molecular formula is C28H21BrN2O4. The molecule has 0 unspecified atom stereocenters. The molecule has 3 aromatic carbocycles. The van der Waals surface area contributed by atoms with E-state index in [1.54, 1.807) is 55.6 Å². The monoisotopic (exact) mass is 528 g/mol. The molecule has 0 aromatic heterocycles. The van der Waals surface area contributed by atoms with Crippen molar-refractivity contribution in [2.24, 2.45) is 11.8 Å². The van der Waals surface area contributed by atoms with Gasteiger partial charge in [-0.05, 0) is 60.2 Å². The zero-order chi connectivity index (χ0) is 24.3. The average Bonchev–Trinajstić information content (AvgIpc) is 3.37. The summed E-state index contributed by atoms with van der Waals surface area (Å²) in [6.07, 6.45) is 3.94. The Hall–Kier alpha value is -3.71. The van der Waals surface area contributed by atoms with Gasteiger partial charge in [0.2, 0.25) is 11.8 Å². The highest BCUT2D eigenvalue weighted by molar-refractivity contribution is 9.10. The summed E-state index contributed by atoms with van der Waals surface area (Å²) in [5.41, 5.74) is 2.81. The summed E-state index contributed by atoms with van der Waals surface area (Å²) in [4.78, 5) is 44.8. The Kier molecular flexibility index (Phi) is 5.11. The van der Waals surface area contributed by atoms with E-state index in [1.165, 1.54) is 4.90 Å². The van der Waals surface area contributed by atoms with Crippen LogP contribution in [0.4, 0.5) is 11.4 Å². The number of para-hydroxylation sites is 1. The number of Topliss-reactive ketones (excluding diaryl/α,β-unsaturated/α-hetero) is 1. The quantitative estimate of drug-likeness (QED) is 0.361. The SMILES string of the molecule is COc1ccc(C(=O)[C@@H]2[C@H]3C(=O)N(c4ccc(Br)cc4)C(=O)[C@@H]3[C@H]3C=Cc4ccccc4N32)cc1. The third kappa shape index (κ3) is 3.26. The van der Waals surface area contributed by atoms with Crippen LogP contribution in [0.3, 0.4) is 0 Å². The van der Waals surface area contributed by atoms with Crippen molar-refractivity contribution in [2.45, 2.75) is 12.1 Å². The minimum absolute atomic E-state index is 0.186. The molecular weight excluding hydrogens is 508 g/mol. The molecule has 7 heteroatoms. The van der Waals surface area contributed by atoms with Gasteiger partial charge in [0.1, 0.15) is 11.8 Å². The Balaban J connectivity index is 1.47. The number of carbonyl (C=O) groups excluding carboxylic acids is 3. The summed E-state index contributed by atoms with van der Waals surface area (Å²) in [5.74, 6) is -1.59. The molecule has 0 N–H and O–H groups in total. The number of anilines is 2. The lowest BCUT2D eigenvalue weighted by molar-refractivity contribution is -0.122. The average molecular weight is 529 g/mol. The van der Waals surface area contributed by atoms with E-state index in [-0.39, 0.29) is 23.6 Å². The molecule has 3 aliphatic heterocycles. The van der Waals surface area contributed by atoms with Crippen LogP contribution in [0.5, 0.6) is 5.75 Å². The largest absolute Gasteiger partial charge is 0.497 e. The van der Waals surface area contributed by atoms with E-state index < -0.39 is 17.9 Å². The number of benzene rings is 3. The summed E-state index contributed by atoms with van der Waals surface area (Å²) in [5, 5.41) is 0. The maximum atomic E-state index is 14.0. The zero-order valence-electron chi connectivity index (χ0n) is 18.8. The number of fused-ring (bicyclic) bond motifs is 5. The van der Waals surface area contributed by atoms with Crippen molar-refractivity contribution >= 4 is 51.0 Å². The minimum Gasteiger partial charge on any atom is -0.497 e. The maximum absolute atomic E-state index is 14.0. The Bertz CT molecular complexity index is 1380. The number of ether oxygens (including phenoxy) is 1. The molecule has 3 heterocycles. The molecule has 35 heavy (non-hydrogen) atoms. The third-order valence-corrected chi connectivity index (χ3v) is 7.67. The van der Waals surface area contributed by atoms with Gasteiger partial charge in [-0.1, -0.05) is 46.3 Å². The van der Waals surface area contributed by atoms with Crippen LogP contribution in [0.2, 0.25) is 0 Å². The molecule has 4 atom stereocenters. The predicted molar refractivity (Wildman–Crippen MR) is 136 cm³/mol. The highest BCUT2D eigenvalue weighted by Gasteiger charge is 2.64. The summed E-state index contributed by atoms with van der Waals surface area (Å²) in [7, 11) is 1.57. The van der Waals surface area contributed by atoms with E-state index >= 15 is 0 Å². The van der Waals surface area contributed by atoms with Gasteiger partial charge >= 0.3 is 0 Å². The first kappa shape index (κ1) is 21.8. The van der Waals surface area contributed by atoms with Crippen LogP contribution in [-0.4, -0.2) is 36.8 Å². The fourth-order valence-electron chi connectivity index (χ4n) is 5.58. The number of carbonyl (C=O) groups is 3. The summed E-state index contributed by atoms with van der Waals surface area (Å²) >= 11 is 3.40. The Labute approximate surface area is 210 Å². The molecule has 3 aromatic rings. The van der Waals surface area contributed by atoms with Crippen molar-refractivity contribution in [3.8, 4) is 5.75 Å². The Morgan fingerprint density at radius 2 is 1.57 bits per heavy atom. The molecule has 6 nitrogen and oxygen atoms in total. The smallest absolute Gasteiger partial charge is 0.240 e. The first-order chi connectivity index (χ1) is 17.0. The van der Waals surface area contributed by atoms with Crippen molar-refractivity contribution in [2.75, 3.05) is 16.9 Å². The summed E-state index contributed by atoms with van der Waals surface area (Å²) in [6, 6.07) is 20.5. The first-order valence-electron chi connectivity index (χ1n) is 11.4.